The Bertz CT molecular complexity index is 553. The number of pyridine rings is 1. The van der Waals surface area contributed by atoms with Crippen LogP contribution in [0.15, 0.2) is 23.4 Å². The summed E-state index contributed by atoms with van der Waals surface area (Å²) < 4.78 is 27.3. The molecule has 1 aliphatic rings. The predicted octanol–water partition coefficient (Wildman–Crippen LogP) is 2.32. The van der Waals surface area contributed by atoms with Gasteiger partial charge in [-0.25, -0.2) is 13.4 Å². The smallest absolute Gasteiger partial charge is 0.262 e. The Labute approximate surface area is 121 Å². The van der Waals surface area contributed by atoms with Crippen molar-refractivity contribution in [2.45, 2.75) is 44.7 Å². The van der Waals surface area contributed by atoms with Crippen LogP contribution in [0.1, 0.15) is 33.6 Å². The number of hydrogen-bond acceptors (Lipinski definition) is 4. The molecule has 1 heterocycles. The Morgan fingerprint density at radius 3 is 2.70 bits per heavy atom. The molecule has 112 valence electrons. The van der Waals surface area contributed by atoms with Crippen LogP contribution in [0.2, 0.25) is 0 Å². The molecular formula is C14H23N3O2S. The predicted molar refractivity (Wildman–Crippen MR) is 80.2 cm³/mol. The lowest BCUT2D eigenvalue weighted by atomic mass is 10.3. The topological polar surface area (TPSA) is 62.3 Å². The molecule has 1 aromatic rings. The maximum absolute atomic E-state index is 12.9. The van der Waals surface area contributed by atoms with Crippen LogP contribution in [0, 0.1) is 5.92 Å². The number of nitrogens with one attached hydrogen (secondary N) is 1. The highest BCUT2D eigenvalue weighted by Gasteiger charge is 2.35. The van der Waals surface area contributed by atoms with E-state index in [4.69, 9.17) is 0 Å². The molecule has 1 saturated carbocycles. The minimum Gasteiger partial charge on any atom is -0.383 e. The van der Waals surface area contributed by atoms with Crippen LogP contribution in [0.3, 0.4) is 0 Å². The number of sulfonamides is 1. The fourth-order valence-electron chi connectivity index (χ4n) is 2.17. The first-order chi connectivity index (χ1) is 9.46. The minimum atomic E-state index is -3.55. The van der Waals surface area contributed by atoms with Gasteiger partial charge in [-0.3, -0.25) is 0 Å². The van der Waals surface area contributed by atoms with Gasteiger partial charge in [-0.05, 0) is 51.7 Å². The van der Waals surface area contributed by atoms with Gasteiger partial charge < -0.3 is 5.32 Å². The van der Waals surface area contributed by atoms with Crippen LogP contribution < -0.4 is 5.32 Å². The van der Waals surface area contributed by atoms with Gasteiger partial charge in [0.05, 0.1) is 5.69 Å². The summed E-state index contributed by atoms with van der Waals surface area (Å²) >= 11 is 0. The van der Waals surface area contributed by atoms with E-state index in [-0.39, 0.29) is 11.1 Å². The highest BCUT2D eigenvalue weighted by Crippen LogP contribution is 2.33. The molecule has 0 amide bonds. The van der Waals surface area contributed by atoms with Gasteiger partial charge in [0.2, 0.25) is 0 Å². The van der Waals surface area contributed by atoms with E-state index in [9.17, 15) is 8.42 Å². The van der Waals surface area contributed by atoms with Crippen LogP contribution in [0.25, 0.3) is 0 Å². The highest BCUT2D eigenvalue weighted by molar-refractivity contribution is 7.89. The third-order valence-electron chi connectivity index (χ3n) is 3.40. The van der Waals surface area contributed by atoms with Crippen molar-refractivity contribution >= 4 is 15.7 Å². The molecule has 0 radical (unpaired) electrons. The molecule has 0 aliphatic heterocycles. The summed E-state index contributed by atoms with van der Waals surface area (Å²) in [5.74, 6) is 0.512. The molecule has 20 heavy (non-hydrogen) atoms. The van der Waals surface area contributed by atoms with Crippen LogP contribution in [0.5, 0.6) is 0 Å². The molecule has 0 bridgehead atoms. The molecular weight excluding hydrogens is 274 g/mol. The van der Waals surface area contributed by atoms with Crippen LogP contribution in [-0.4, -0.2) is 36.8 Å². The van der Waals surface area contributed by atoms with E-state index in [1.165, 1.54) is 6.20 Å². The molecule has 6 heteroatoms. The lowest BCUT2D eigenvalue weighted by molar-refractivity contribution is 0.340. The quantitative estimate of drug-likeness (QED) is 0.839. The summed E-state index contributed by atoms with van der Waals surface area (Å²) in [6, 6.07) is 3.45. The third-order valence-corrected chi connectivity index (χ3v) is 5.40. The van der Waals surface area contributed by atoms with Crippen molar-refractivity contribution in [3.05, 3.63) is 18.3 Å². The second-order valence-electron chi connectivity index (χ2n) is 5.50. The van der Waals surface area contributed by atoms with Gasteiger partial charge in [-0.15, -0.1) is 0 Å². The van der Waals surface area contributed by atoms with Gasteiger partial charge in [-0.1, -0.05) is 0 Å². The zero-order chi connectivity index (χ0) is 14.8. The Morgan fingerprint density at radius 1 is 1.45 bits per heavy atom. The Hall–Kier alpha value is -1.14. The summed E-state index contributed by atoms with van der Waals surface area (Å²) in [5, 5.41) is 3.21. The molecule has 1 aliphatic carbocycles. The van der Waals surface area contributed by atoms with Gasteiger partial charge in [-0.2, -0.15) is 4.31 Å². The van der Waals surface area contributed by atoms with E-state index < -0.39 is 10.0 Å². The molecule has 1 fully saturated rings. The largest absolute Gasteiger partial charge is 0.383 e. The summed E-state index contributed by atoms with van der Waals surface area (Å²) in [5.41, 5.74) is 0.580. The molecule has 5 nitrogen and oxygen atoms in total. The summed E-state index contributed by atoms with van der Waals surface area (Å²) in [6.07, 6.45) is 3.78. The summed E-state index contributed by atoms with van der Waals surface area (Å²) in [6.45, 7) is 7.03. The number of hydrogen-bond donors (Lipinski definition) is 1. The van der Waals surface area contributed by atoms with Crippen LogP contribution in [0.4, 0.5) is 5.69 Å². The van der Waals surface area contributed by atoms with Gasteiger partial charge in [0.15, 0.2) is 5.03 Å². The normalized spacial score (nSPS) is 15.8. The Balaban J connectivity index is 2.36. The summed E-state index contributed by atoms with van der Waals surface area (Å²) in [7, 11) is -3.55. The van der Waals surface area contributed by atoms with Gasteiger partial charge >= 0.3 is 0 Å². The zero-order valence-electron chi connectivity index (χ0n) is 12.3. The monoisotopic (exact) mass is 297 g/mol. The number of aromatic nitrogens is 1. The number of anilines is 1. The molecule has 0 saturated heterocycles. The fourth-order valence-corrected chi connectivity index (χ4v) is 3.97. The molecule has 0 aromatic carbocycles. The van der Waals surface area contributed by atoms with Gasteiger partial charge in [0.25, 0.3) is 10.0 Å². The highest BCUT2D eigenvalue weighted by atomic mass is 32.2. The minimum absolute atomic E-state index is 0.0583. The first kappa shape index (κ1) is 15.3. The van der Waals surface area contributed by atoms with Crippen LogP contribution in [-0.2, 0) is 10.0 Å². The summed E-state index contributed by atoms with van der Waals surface area (Å²) in [4.78, 5) is 4.11. The first-order valence-corrected chi connectivity index (χ1v) is 8.61. The number of rotatable bonds is 7. The maximum Gasteiger partial charge on any atom is 0.262 e. The molecule has 1 N–H and O–H groups in total. The second-order valence-corrected chi connectivity index (χ2v) is 7.30. The Morgan fingerprint density at radius 2 is 2.15 bits per heavy atom. The lowest BCUT2D eigenvalue weighted by Gasteiger charge is -2.26. The fraction of sp³-hybridized carbons (Fsp3) is 0.643. The van der Waals surface area contributed by atoms with E-state index in [1.54, 1.807) is 16.4 Å². The van der Waals surface area contributed by atoms with Crippen LogP contribution >= 0.6 is 0 Å². The molecule has 0 spiro atoms. The second kappa shape index (κ2) is 6.10. The molecule has 0 unspecified atom stereocenters. The molecule has 1 aromatic heterocycles. The van der Waals surface area contributed by atoms with Crippen molar-refractivity contribution in [2.75, 3.05) is 18.4 Å². The van der Waals surface area contributed by atoms with E-state index in [1.807, 2.05) is 20.8 Å². The van der Waals surface area contributed by atoms with Crippen molar-refractivity contribution in [3.63, 3.8) is 0 Å². The van der Waals surface area contributed by atoms with E-state index in [0.717, 1.165) is 12.8 Å². The van der Waals surface area contributed by atoms with E-state index >= 15 is 0 Å². The van der Waals surface area contributed by atoms with Gasteiger partial charge in [0.1, 0.15) is 0 Å². The zero-order valence-corrected chi connectivity index (χ0v) is 13.2. The van der Waals surface area contributed by atoms with Crippen molar-refractivity contribution in [2.24, 2.45) is 5.92 Å². The van der Waals surface area contributed by atoms with Gasteiger partial charge in [0, 0.05) is 25.3 Å². The van der Waals surface area contributed by atoms with Crippen molar-refractivity contribution < 1.29 is 8.42 Å². The van der Waals surface area contributed by atoms with Crippen molar-refractivity contribution in [1.29, 1.82) is 0 Å². The average Bonchev–Trinajstić information content (AvgIpc) is 3.20. The van der Waals surface area contributed by atoms with Crippen molar-refractivity contribution in [3.8, 4) is 0 Å². The molecule has 0 atom stereocenters. The average molecular weight is 297 g/mol. The first-order valence-electron chi connectivity index (χ1n) is 7.17. The standard InChI is InChI=1S/C14H23N3O2S/c1-4-15-13-6-5-9-16-14(13)20(18,19)17(11(2)3)10-12-7-8-12/h5-6,9,11-12,15H,4,7-8,10H2,1-3H3. The number of nitrogens with zero attached hydrogens (tertiary/aromatic N) is 2. The van der Waals surface area contributed by atoms with E-state index in [0.29, 0.717) is 24.7 Å². The third kappa shape index (κ3) is 3.30. The van der Waals surface area contributed by atoms with Crippen molar-refractivity contribution in [1.82, 2.24) is 9.29 Å². The lowest BCUT2D eigenvalue weighted by Crippen LogP contribution is -2.39. The molecule has 2 rings (SSSR count). The Kier molecular flexibility index (Phi) is 4.65. The maximum atomic E-state index is 12.9. The van der Waals surface area contributed by atoms with E-state index in [2.05, 4.69) is 10.3 Å². The SMILES string of the molecule is CCNc1cccnc1S(=O)(=O)N(CC1CC1)C(C)C.